The minimum Gasteiger partial charge on any atom is -0.326 e. The van der Waals surface area contributed by atoms with Gasteiger partial charge in [-0.05, 0) is 36.4 Å². The molecule has 0 radical (unpaired) electrons. The average molecular weight is 391 g/mol. The number of carbonyl (C=O) groups is 3. The molecule has 0 aliphatic carbocycles. The number of benzene rings is 2. The van der Waals surface area contributed by atoms with Crippen molar-refractivity contribution in [3.63, 3.8) is 0 Å². The molecule has 1 fully saturated rings. The van der Waals surface area contributed by atoms with Crippen molar-refractivity contribution < 1.29 is 27.6 Å². The number of hydrogen-bond donors (Lipinski definition) is 2. The van der Waals surface area contributed by atoms with Gasteiger partial charge < -0.3 is 15.5 Å². The summed E-state index contributed by atoms with van der Waals surface area (Å²) in [5, 5.41) is 5.22. The number of nitrogens with one attached hydrogen (secondary N) is 2. The third-order valence-electron chi connectivity index (χ3n) is 4.27. The van der Waals surface area contributed by atoms with Gasteiger partial charge in [-0.15, -0.1) is 0 Å². The van der Waals surface area contributed by atoms with E-state index in [0.29, 0.717) is 11.4 Å². The molecular formula is C19H16F3N3O3. The molecular weight excluding hydrogens is 375 g/mol. The number of anilines is 3. The van der Waals surface area contributed by atoms with Crippen molar-refractivity contribution in [2.45, 2.75) is 13.3 Å². The third kappa shape index (κ3) is 3.98. The van der Waals surface area contributed by atoms with Gasteiger partial charge in [0.25, 0.3) is 0 Å². The first-order valence-electron chi connectivity index (χ1n) is 8.38. The summed E-state index contributed by atoms with van der Waals surface area (Å²) in [6.45, 7) is 1.21. The first-order chi connectivity index (χ1) is 13.3. The minimum atomic E-state index is -1.67. The van der Waals surface area contributed by atoms with E-state index in [2.05, 4.69) is 10.6 Å². The highest BCUT2D eigenvalue weighted by Crippen LogP contribution is 2.30. The predicted octanol–water partition coefficient (Wildman–Crippen LogP) is 3.05. The van der Waals surface area contributed by atoms with E-state index in [-0.39, 0.29) is 18.9 Å². The molecule has 146 valence electrons. The normalized spacial score (nSPS) is 16.2. The fourth-order valence-corrected chi connectivity index (χ4v) is 2.92. The Morgan fingerprint density at radius 1 is 0.964 bits per heavy atom. The van der Waals surface area contributed by atoms with Crippen LogP contribution in [0.3, 0.4) is 0 Å². The van der Waals surface area contributed by atoms with Gasteiger partial charge in [-0.3, -0.25) is 14.4 Å². The fraction of sp³-hybridized carbons (Fsp3) is 0.211. The summed E-state index contributed by atoms with van der Waals surface area (Å²) in [4.78, 5) is 36.5. The van der Waals surface area contributed by atoms with Crippen LogP contribution in [0.1, 0.15) is 13.3 Å². The molecule has 1 heterocycles. The van der Waals surface area contributed by atoms with Crippen molar-refractivity contribution in [3.05, 3.63) is 53.8 Å². The van der Waals surface area contributed by atoms with Gasteiger partial charge in [-0.1, -0.05) is 0 Å². The van der Waals surface area contributed by atoms with E-state index < -0.39 is 40.9 Å². The number of amides is 3. The van der Waals surface area contributed by atoms with Gasteiger partial charge in [-0.2, -0.15) is 0 Å². The molecule has 28 heavy (non-hydrogen) atoms. The minimum absolute atomic E-state index is 0.156. The highest BCUT2D eigenvalue weighted by atomic mass is 19.2. The quantitative estimate of drug-likeness (QED) is 0.787. The highest BCUT2D eigenvalue weighted by Gasteiger charge is 2.37. The lowest BCUT2D eigenvalue weighted by Crippen LogP contribution is -2.29. The van der Waals surface area contributed by atoms with Crippen LogP contribution in [-0.2, 0) is 14.4 Å². The molecule has 1 unspecified atom stereocenters. The van der Waals surface area contributed by atoms with E-state index >= 15 is 0 Å². The van der Waals surface area contributed by atoms with Gasteiger partial charge in [0.05, 0.1) is 11.6 Å². The first kappa shape index (κ1) is 19.4. The second-order valence-corrected chi connectivity index (χ2v) is 6.35. The summed E-state index contributed by atoms with van der Waals surface area (Å²) in [5.74, 6) is -6.54. The van der Waals surface area contributed by atoms with E-state index in [1.165, 1.54) is 6.92 Å². The van der Waals surface area contributed by atoms with E-state index in [9.17, 15) is 27.6 Å². The first-order valence-corrected chi connectivity index (χ1v) is 8.38. The largest absolute Gasteiger partial charge is 0.326 e. The Bertz CT molecular complexity index is 947. The number of nitrogens with zero attached hydrogens (tertiary/aromatic N) is 1. The van der Waals surface area contributed by atoms with E-state index in [1.54, 1.807) is 24.3 Å². The lowest BCUT2D eigenvalue weighted by atomic mass is 10.1. The lowest BCUT2D eigenvalue weighted by molar-refractivity contribution is -0.122. The maximum atomic E-state index is 14.0. The molecule has 0 bridgehead atoms. The Morgan fingerprint density at radius 2 is 1.57 bits per heavy atom. The summed E-state index contributed by atoms with van der Waals surface area (Å²) in [6.07, 6.45) is -0.186. The molecule has 0 aromatic heterocycles. The van der Waals surface area contributed by atoms with Gasteiger partial charge in [0.15, 0.2) is 17.5 Å². The zero-order chi connectivity index (χ0) is 20.4. The SMILES string of the molecule is CC(=O)Nc1ccc(NC(=O)C2CC(=O)N(c3ccc(F)c(F)c3F)C2)cc1. The van der Waals surface area contributed by atoms with Crippen molar-refractivity contribution in [3.8, 4) is 0 Å². The number of hydrogen-bond acceptors (Lipinski definition) is 3. The van der Waals surface area contributed by atoms with Crippen LogP contribution in [0.15, 0.2) is 36.4 Å². The van der Waals surface area contributed by atoms with Crippen LogP contribution in [0, 0.1) is 23.4 Å². The highest BCUT2D eigenvalue weighted by molar-refractivity contribution is 6.03. The van der Waals surface area contributed by atoms with Gasteiger partial charge in [-0.25, -0.2) is 13.2 Å². The van der Waals surface area contributed by atoms with Crippen LogP contribution in [0.2, 0.25) is 0 Å². The van der Waals surface area contributed by atoms with Crippen LogP contribution in [-0.4, -0.2) is 24.3 Å². The molecule has 1 atom stereocenters. The average Bonchev–Trinajstić information content (AvgIpc) is 3.03. The molecule has 0 saturated carbocycles. The zero-order valence-corrected chi connectivity index (χ0v) is 14.8. The summed E-state index contributed by atoms with van der Waals surface area (Å²) < 4.78 is 40.5. The molecule has 3 amide bonds. The van der Waals surface area contributed by atoms with Crippen LogP contribution < -0.4 is 15.5 Å². The van der Waals surface area contributed by atoms with Crippen LogP contribution in [0.25, 0.3) is 0 Å². The molecule has 3 rings (SSSR count). The van der Waals surface area contributed by atoms with Crippen LogP contribution >= 0.6 is 0 Å². The van der Waals surface area contributed by atoms with Crippen molar-refractivity contribution in [1.82, 2.24) is 0 Å². The molecule has 2 aromatic rings. The Morgan fingerprint density at radius 3 is 2.18 bits per heavy atom. The Kier molecular flexibility index (Phi) is 5.34. The summed E-state index contributed by atoms with van der Waals surface area (Å²) in [6, 6.07) is 8.04. The van der Waals surface area contributed by atoms with Crippen molar-refractivity contribution in [1.29, 1.82) is 0 Å². The molecule has 0 spiro atoms. The summed E-state index contributed by atoms with van der Waals surface area (Å²) >= 11 is 0. The van der Waals surface area contributed by atoms with Gasteiger partial charge in [0, 0.05) is 31.3 Å². The lowest BCUT2D eigenvalue weighted by Gasteiger charge is -2.18. The molecule has 2 N–H and O–H groups in total. The van der Waals surface area contributed by atoms with Crippen LogP contribution in [0.4, 0.5) is 30.2 Å². The molecule has 6 nitrogen and oxygen atoms in total. The smallest absolute Gasteiger partial charge is 0.229 e. The number of halogens is 3. The number of carbonyl (C=O) groups excluding carboxylic acids is 3. The predicted molar refractivity (Wildman–Crippen MR) is 96.2 cm³/mol. The maximum absolute atomic E-state index is 14.0. The number of rotatable bonds is 4. The van der Waals surface area contributed by atoms with Gasteiger partial charge in [0.1, 0.15) is 0 Å². The fourth-order valence-electron chi connectivity index (χ4n) is 2.92. The second kappa shape index (κ2) is 7.71. The third-order valence-corrected chi connectivity index (χ3v) is 4.27. The topological polar surface area (TPSA) is 78.5 Å². The van der Waals surface area contributed by atoms with Crippen molar-refractivity contribution in [2.75, 3.05) is 22.1 Å². The van der Waals surface area contributed by atoms with Gasteiger partial charge >= 0.3 is 0 Å². The molecule has 2 aromatic carbocycles. The van der Waals surface area contributed by atoms with Crippen molar-refractivity contribution in [2.24, 2.45) is 5.92 Å². The van der Waals surface area contributed by atoms with E-state index in [4.69, 9.17) is 0 Å². The summed E-state index contributed by atoms with van der Waals surface area (Å²) in [5.41, 5.74) is 0.601. The maximum Gasteiger partial charge on any atom is 0.229 e. The zero-order valence-electron chi connectivity index (χ0n) is 14.8. The summed E-state index contributed by atoms with van der Waals surface area (Å²) in [7, 11) is 0. The standard InChI is InChI=1S/C19H16F3N3O3/c1-10(26)23-12-2-4-13(5-3-12)24-19(28)11-8-16(27)25(9-11)15-7-6-14(20)17(21)18(15)22/h2-7,11H,8-9H2,1H3,(H,23,26)(H,24,28). The molecule has 9 heteroatoms. The van der Waals surface area contributed by atoms with Crippen LogP contribution in [0.5, 0.6) is 0 Å². The Hall–Kier alpha value is -3.36. The molecule has 1 aliphatic heterocycles. The second-order valence-electron chi connectivity index (χ2n) is 6.35. The van der Waals surface area contributed by atoms with Gasteiger partial charge in [0.2, 0.25) is 17.7 Å². The Balaban J connectivity index is 1.69. The molecule has 1 aliphatic rings. The van der Waals surface area contributed by atoms with E-state index in [0.717, 1.165) is 17.0 Å². The van der Waals surface area contributed by atoms with E-state index in [1.807, 2.05) is 0 Å². The molecule has 1 saturated heterocycles. The Labute approximate surface area is 158 Å². The van der Waals surface area contributed by atoms with Crippen molar-refractivity contribution >= 4 is 34.8 Å². The monoisotopic (exact) mass is 391 g/mol.